The van der Waals surface area contributed by atoms with E-state index in [9.17, 15) is 13.2 Å². The molecule has 0 spiro atoms. The highest BCUT2D eigenvalue weighted by Gasteiger charge is 2.19. The van der Waals surface area contributed by atoms with E-state index in [1.54, 1.807) is 35.2 Å². The summed E-state index contributed by atoms with van der Waals surface area (Å²) in [5.41, 5.74) is 0.864. The number of nitrogens with one attached hydrogen (secondary N) is 1. The lowest BCUT2D eigenvalue weighted by atomic mass is 10.2. The number of nitrogens with zero attached hydrogens (tertiary/aromatic N) is 1. The zero-order valence-corrected chi connectivity index (χ0v) is 17.0. The van der Waals surface area contributed by atoms with Gasteiger partial charge in [-0.3, -0.25) is 9.52 Å². The highest BCUT2D eigenvalue weighted by atomic mass is 79.9. The summed E-state index contributed by atoms with van der Waals surface area (Å²) in [6.07, 6.45) is 0. The van der Waals surface area contributed by atoms with Crippen LogP contribution in [0, 0.1) is 0 Å². The number of carbonyl (C=O) groups excluding carboxylic acids is 1. The molecule has 2 aromatic carbocycles. The van der Waals surface area contributed by atoms with Crippen molar-refractivity contribution < 1.29 is 13.2 Å². The van der Waals surface area contributed by atoms with Crippen LogP contribution in [0.15, 0.2) is 51.8 Å². The summed E-state index contributed by atoms with van der Waals surface area (Å²) in [6, 6.07) is 10.9. The molecule has 1 amide bonds. The van der Waals surface area contributed by atoms with E-state index in [-0.39, 0.29) is 15.8 Å². The molecule has 0 heterocycles. The Bertz CT molecular complexity index is 866. The molecule has 0 aliphatic heterocycles. The van der Waals surface area contributed by atoms with E-state index in [0.29, 0.717) is 28.8 Å². The van der Waals surface area contributed by atoms with Crippen molar-refractivity contribution in [3.8, 4) is 0 Å². The molecule has 134 valence electrons. The van der Waals surface area contributed by atoms with Gasteiger partial charge in [0.15, 0.2) is 0 Å². The maximum atomic E-state index is 12.5. The highest BCUT2D eigenvalue weighted by molar-refractivity contribution is 9.10. The van der Waals surface area contributed by atoms with Gasteiger partial charge in [0.2, 0.25) is 0 Å². The molecule has 0 radical (unpaired) electrons. The summed E-state index contributed by atoms with van der Waals surface area (Å²) >= 11 is 9.25. The Morgan fingerprint density at radius 1 is 1.12 bits per heavy atom. The third kappa shape index (κ3) is 4.74. The molecule has 1 N–H and O–H groups in total. The van der Waals surface area contributed by atoms with Crippen LogP contribution in [0.1, 0.15) is 24.2 Å². The Morgan fingerprint density at radius 3 is 2.24 bits per heavy atom. The Balaban J connectivity index is 2.22. The standard InChI is InChI=1S/C17H18BrClN2O3S/c1-3-21(4-2)17(22)12-5-8-14(9-6-12)20-25(23,24)16-10-7-13(18)11-15(16)19/h5-11,20H,3-4H2,1-2H3. The molecule has 0 bridgehead atoms. The Kier molecular flexibility index (Phi) is 6.48. The molecule has 25 heavy (non-hydrogen) atoms. The van der Waals surface area contributed by atoms with Crippen molar-refractivity contribution in [1.82, 2.24) is 4.90 Å². The number of sulfonamides is 1. The third-order valence-electron chi connectivity index (χ3n) is 3.62. The minimum atomic E-state index is -3.82. The van der Waals surface area contributed by atoms with E-state index in [1.165, 1.54) is 12.1 Å². The van der Waals surface area contributed by atoms with Gasteiger partial charge >= 0.3 is 0 Å². The van der Waals surface area contributed by atoms with Crippen molar-refractivity contribution >= 4 is 49.1 Å². The van der Waals surface area contributed by atoms with Gasteiger partial charge in [0.05, 0.1) is 5.02 Å². The minimum Gasteiger partial charge on any atom is -0.339 e. The Labute approximate surface area is 161 Å². The van der Waals surface area contributed by atoms with Crippen LogP contribution in [0.5, 0.6) is 0 Å². The maximum Gasteiger partial charge on any atom is 0.263 e. The molecule has 0 unspecified atom stereocenters. The molecule has 2 rings (SSSR count). The van der Waals surface area contributed by atoms with Gasteiger partial charge in [0.1, 0.15) is 4.90 Å². The zero-order chi connectivity index (χ0) is 18.6. The summed E-state index contributed by atoms with van der Waals surface area (Å²) in [5.74, 6) is -0.0876. The first-order valence-electron chi connectivity index (χ1n) is 7.65. The number of hydrogen-bond donors (Lipinski definition) is 1. The van der Waals surface area contributed by atoms with Crippen LogP contribution in [0.3, 0.4) is 0 Å². The number of carbonyl (C=O) groups is 1. The van der Waals surface area contributed by atoms with Crippen LogP contribution in [-0.4, -0.2) is 32.3 Å². The highest BCUT2D eigenvalue weighted by Crippen LogP contribution is 2.27. The number of hydrogen-bond acceptors (Lipinski definition) is 3. The number of anilines is 1. The van der Waals surface area contributed by atoms with Crippen LogP contribution in [-0.2, 0) is 10.0 Å². The second kappa shape index (κ2) is 8.21. The third-order valence-corrected chi connectivity index (χ3v) is 5.98. The topological polar surface area (TPSA) is 66.5 Å². The maximum absolute atomic E-state index is 12.5. The lowest BCUT2D eigenvalue weighted by Gasteiger charge is -2.18. The molecule has 0 aliphatic rings. The van der Waals surface area contributed by atoms with Crippen molar-refractivity contribution in [3.63, 3.8) is 0 Å². The molecule has 0 aliphatic carbocycles. The van der Waals surface area contributed by atoms with E-state index in [2.05, 4.69) is 20.7 Å². The van der Waals surface area contributed by atoms with Crippen molar-refractivity contribution in [1.29, 1.82) is 0 Å². The van der Waals surface area contributed by atoms with E-state index in [1.807, 2.05) is 13.8 Å². The first-order valence-corrected chi connectivity index (χ1v) is 10.3. The molecule has 0 fully saturated rings. The first kappa shape index (κ1) is 19.8. The first-order chi connectivity index (χ1) is 11.8. The smallest absolute Gasteiger partial charge is 0.263 e. The van der Waals surface area contributed by atoms with Crippen LogP contribution < -0.4 is 4.72 Å². The number of benzene rings is 2. The molecule has 8 heteroatoms. The monoisotopic (exact) mass is 444 g/mol. The van der Waals surface area contributed by atoms with Gasteiger partial charge in [-0.15, -0.1) is 0 Å². The lowest BCUT2D eigenvalue weighted by Crippen LogP contribution is -2.30. The summed E-state index contributed by atoms with van der Waals surface area (Å²) in [7, 11) is -3.82. The summed E-state index contributed by atoms with van der Waals surface area (Å²) in [6.45, 7) is 5.05. The molecule has 0 saturated carbocycles. The van der Waals surface area contributed by atoms with Gasteiger partial charge in [-0.25, -0.2) is 8.42 Å². The van der Waals surface area contributed by atoms with E-state index < -0.39 is 10.0 Å². The quantitative estimate of drug-likeness (QED) is 0.717. The van der Waals surface area contributed by atoms with E-state index >= 15 is 0 Å². The van der Waals surface area contributed by atoms with Crippen molar-refractivity contribution in [2.45, 2.75) is 18.7 Å². The largest absolute Gasteiger partial charge is 0.339 e. The van der Waals surface area contributed by atoms with Gasteiger partial charge in [-0.05, 0) is 56.3 Å². The van der Waals surface area contributed by atoms with Gasteiger partial charge in [0, 0.05) is 28.8 Å². The number of amides is 1. The lowest BCUT2D eigenvalue weighted by molar-refractivity contribution is 0.0773. The van der Waals surface area contributed by atoms with Crippen LogP contribution in [0.25, 0.3) is 0 Å². The molecule has 0 atom stereocenters. The molecule has 2 aromatic rings. The van der Waals surface area contributed by atoms with E-state index in [0.717, 1.165) is 0 Å². The second-order valence-electron chi connectivity index (χ2n) is 5.24. The number of rotatable bonds is 6. The molecular weight excluding hydrogens is 428 g/mol. The summed E-state index contributed by atoms with van der Waals surface area (Å²) < 4.78 is 28.1. The molecule has 5 nitrogen and oxygen atoms in total. The van der Waals surface area contributed by atoms with Crippen molar-refractivity contribution in [3.05, 3.63) is 57.5 Å². The zero-order valence-electron chi connectivity index (χ0n) is 13.8. The van der Waals surface area contributed by atoms with E-state index in [4.69, 9.17) is 11.6 Å². The Morgan fingerprint density at radius 2 is 1.72 bits per heavy atom. The molecule has 0 aromatic heterocycles. The summed E-state index contributed by atoms with van der Waals surface area (Å²) in [4.78, 5) is 13.9. The van der Waals surface area contributed by atoms with Crippen LogP contribution in [0.2, 0.25) is 5.02 Å². The fourth-order valence-electron chi connectivity index (χ4n) is 2.28. The number of halogens is 2. The van der Waals surface area contributed by atoms with Crippen molar-refractivity contribution in [2.75, 3.05) is 17.8 Å². The Hall–Kier alpha value is -1.57. The predicted octanol–water partition coefficient (Wildman–Crippen LogP) is 4.39. The SMILES string of the molecule is CCN(CC)C(=O)c1ccc(NS(=O)(=O)c2ccc(Br)cc2Cl)cc1. The van der Waals surface area contributed by atoms with Crippen molar-refractivity contribution in [2.24, 2.45) is 0 Å². The van der Waals surface area contributed by atoms with Crippen LogP contribution >= 0.6 is 27.5 Å². The van der Waals surface area contributed by atoms with Gasteiger partial charge < -0.3 is 4.90 Å². The molecular formula is C17H18BrClN2O3S. The normalized spacial score (nSPS) is 11.2. The average Bonchev–Trinajstić information content (AvgIpc) is 2.55. The fraction of sp³-hybridized carbons (Fsp3) is 0.235. The van der Waals surface area contributed by atoms with Gasteiger partial charge in [-0.2, -0.15) is 0 Å². The average molecular weight is 446 g/mol. The van der Waals surface area contributed by atoms with Gasteiger partial charge in [0.25, 0.3) is 15.9 Å². The fourth-order valence-corrected chi connectivity index (χ4v) is 4.37. The second-order valence-corrected chi connectivity index (χ2v) is 8.21. The van der Waals surface area contributed by atoms with Gasteiger partial charge in [-0.1, -0.05) is 27.5 Å². The summed E-state index contributed by atoms with van der Waals surface area (Å²) in [5, 5.41) is 0.121. The van der Waals surface area contributed by atoms with Crippen LogP contribution in [0.4, 0.5) is 5.69 Å². The minimum absolute atomic E-state index is 0.0133. The predicted molar refractivity (Wildman–Crippen MR) is 104 cm³/mol. The molecule has 0 saturated heterocycles.